The fraction of sp³-hybridized carbons (Fsp3) is 0.200. The minimum absolute atomic E-state index is 0.247. The second-order valence-electron chi connectivity index (χ2n) is 2.69. The van der Waals surface area contributed by atoms with E-state index in [9.17, 15) is 0 Å². The number of rotatable bonds is 4. The quantitative estimate of drug-likeness (QED) is 0.741. The van der Waals surface area contributed by atoms with Crippen LogP contribution >= 0.6 is 22.7 Å². The summed E-state index contributed by atoms with van der Waals surface area (Å²) in [6, 6.07) is 5.81. The summed E-state index contributed by atoms with van der Waals surface area (Å²) in [6.45, 7) is 1.89. The highest BCUT2D eigenvalue weighted by molar-refractivity contribution is 7.11. The Balaban J connectivity index is 1.88. The zero-order valence-corrected chi connectivity index (χ0v) is 9.31. The molecule has 0 aliphatic rings. The molecule has 2 rings (SSSR count). The molecule has 1 atom stereocenters. The van der Waals surface area contributed by atoms with Crippen LogP contribution in [0.4, 0.5) is 0 Å². The van der Waals surface area contributed by atoms with E-state index in [1.807, 2.05) is 41.3 Å². The van der Waals surface area contributed by atoms with Gasteiger partial charge in [0.05, 0.1) is 0 Å². The minimum Gasteiger partial charge on any atom is -0.454 e. The topological polar surface area (TPSA) is 18.5 Å². The van der Waals surface area contributed by atoms with Crippen LogP contribution < -0.4 is 9.47 Å². The van der Waals surface area contributed by atoms with Gasteiger partial charge in [0.2, 0.25) is 6.29 Å². The molecule has 0 saturated carbocycles. The fourth-order valence-electron chi connectivity index (χ4n) is 1.03. The van der Waals surface area contributed by atoms with Crippen molar-refractivity contribution < 1.29 is 9.47 Å². The van der Waals surface area contributed by atoms with Crippen molar-refractivity contribution in [1.29, 1.82) is 0 Å². The summed E-state index contributed by atoms with van der Waals surface area (Å²) in [6.07, 6.45) is -0.247. The second kappa shape index (κ2) is 4.48. The molecule has 0 bridgehead atoms. The van der Waals surface area contributed by atoms with Crippen LogP contribution in [0.3, 0.4) is 0 Å². The molecule has 0 aromatic carbocycles. The molecule has 14 heavy (non-hydrogen) atoms. The molecule has 0 amide bonds. The molecule has 0 spiro atoms. The molecule has 0 N–H and O–H groups in total. The highest BCUT2D eigenvalue weighted by Gasteiger charge is 2.05. The molecular formula is C10H10O2S2. The van der Waals surface area contributed by atoms with Gasteiger partial charge in [-0.15, -0.1) is 22.7 Å². The Hall–Kier alpha value is -1.00. The van der Waals surface area contributed by atoms with Crippen LogP contribution in [0.1, 0.15) is 6.92 Å². The highest BCUT2D eigenvalue weighted by Crippen LogP contribution is 2.22. The Morgan fingerprint density at radius 3 is 2.79 bits per heavy atom. The summed E-state index contributed by atoms with van der Waals surface area (Å²) in [5.41, 5.74) is 0. The predicted octanol–water partition coefficient (Wildman–Crippen LogP) is 3.61. The number of ether oxygens (including phenoxy) is 2. The lowest BCUT2D eigenvalue weighted by molar-refractivity contribution is 0.0258. The molecule has 0 fully saturated rings. The Morgan fingerprint density at radius 2 is 2.14 bits per heavy atom. The zero-order chi connectivity index (χ0) is 9.80. The first-order chi connectivity index (χ1) is 6.84. The van der Waals surface area contributed by atoms with E-state index in [-0.39, 0.29) is 6.29 Å². The minimum atomic E-state index is -0.247. The normalized spacial score (nSPS) is 12.4. The van der Waals surface area contributed by atoms with Crippen LogP contribution in [-0.4, -0.2) is 6.29 Å². The third kappa shape index (κ3) is 2.49. The Labute approximate surface area is 90.7 Å². The maximum absolute atomic E-state index is 5.53. The van der Waals surface area contributed by atoms with Crippen molar-refractivity contribution in [1.82, 2.24) is 0 Å². The molecule has 0 radical (unpaired) electrons. The van der Waals surface area contributed by atoms with Crippen molar-refractivity contribution in [3.05, 3.63) is 34.3 Å². The molecule has 74 valence electrons. The molecule has 2 aromatic heterocycles. The lowest BCUT2D eigenvalue weighted by atomic mass is 10.6. The Kier molecular flexibility index (Phi) is 3.06. The SMILES string of the molecule is CC(Oc1ccsc1)Oc1cccs1. The van der Waals surface area contributed by atoms with Gasteiger partial charge in [0.1, 0.15) is 5.75 Å². The first-order valence-corrected chi connectivity index (χ1v) is 6.06. The van der Waals surface area contributed by atoms with E-state index in [1.165, 1.54) is 0 Å². The second-order valence-corrected chi connectivity index (χ2v) is 4.38. The van der Waals surface area contributed by atoms with Crippen molar-refractivity contribution in [2.75, 3.05) is 0 Å². The number of hydrogen-bond donors (Lipinski definition) is 0. The van der Waals surface area contributed by atoms with E-state index in [1.54, 1.807) is 22.7 Å². The highest BCUT2D eigenvalue weighted by atomic mass is 32.1. The van der Waals surface area contributed by atoms with Gasteiger partial charge >= 0.3 is 0 Å². The zero-order valence-electron chi connectivity index (χ0n) is 7.67. The van der Waals surface area contributed by atoms with E-state index < -0.39 is 0 Å². The number of hydrogen-bond acceptors (Lipinski definition) is 4. The molecule has 0 aliphatic heterocycles. The molecule has 2 nitrogen and oxygen atoms in total. The lowest BCUT2D eigenvalue weighted by Crippen LogP contribution is -2.18. The summed E-state index contributed by atoms with van der Waals surface area (Å²) < 4.78 is 11.1. The maximum Gasteiger partial charge on any atom is 0.239 e. The van der Waals surface area contributed by atoms with Crippen molar-refractivity contribution in [2.24, 2.45) is 0 Å². The fourth-order valence-corrected chi connectivity index (χ4v) is 2.23. The summed E-state index contributed by atoms with van der Waals surface area (Å²) in [5, 5.41) is 6.79. The van der Waals surface area contributed by atoms with Gasteiger partial charge in [-0.3, -0.25) is 0 Å². The van der Waals surface area contributed by atoms with Crippen LogP contribution in [0.15, 0.2) is 34.3 Å². The van der Waals surface area contributed by atoms with Gasteiger partial charge in [0.25, 0.3) is 0 Å². The molecule has 0 aliphatic carbocycles. The van der Waals surface area contributed by atoms with E-state index in [2.05, 4.69) is 0 Å². The van der Waals surface area contributed by atoms with Gasteiger partial charge in [-0.05, 0) is 29.0 Å². The average molecular weight is 226 g/mol. The first kappa shape index (κ1) is 9.55. The van der Waals surface area contributed by atoms with E-state index in [4.69, 9.17) is 9.47 Å². The van der Waals surface area contributed by atoms with Crippen LogP contribution in [0, 0.1) is 0 Å². The largest absolute Gasteiger partial charge is 0.454 e. The molecule has 1 unspecified atom stereocenters. The summed E-state index contributed by atoms with van der Waals surface area (Å²) >= 11 is 3.18. The van der Waals surface area contributed by atoms with Crippen LogP contribution in [-0.2, 0) is 0 Å². The lowest BCUT2D eigenvalue weighted by Gasteiger charge is -2.13. The molecule has 0 saturated heterocycles. The third-order valence-corrected chi connectivity index (χ3v) is 2.99. The molecular weight excluding hydrogens is 216 g/mol. The van der Waals surface area contributed by atoms with Gasteiger partial charge in [-0.2, -0.15) is 0 Å². The Bertz CT molecular complexity index is 317. The molecule has 2 aromatic rings. The monoisotopic (exact) mass is 226 g/mol. The van der Waals surface area contributed by atoms with Crippen molar-refractivity contribution in [3.63, 3.8) is 0 Å². The summed E-state index contributed by atoms with van der Waals surface area (Å²) in [7, 11) is 0. The van der Waals surface area contributed by atoms with Crippen molar-refractivity contribution >= 4 is 22.7 Å². The van der Waals surface area contributed by atoms with E-state index in [0.717, 1.165) is 10.8 Å². The van der Waals surface area contributed by atoms with Crippen molar-refractivity contribution in [3.8, 4) is 10.8 Å². The van der Waals surface area contributed by atoms with Gasteiger partial charge in [-0.1, -0.05) is 0 Å². The van der Waals surface area contributed by atoms with Gasteiger partial charge in [-0.25, -0.2) is 0 Å². The summed E-state index contributed by atoms with van der Waals surface area (Å²) in [5.74, 6) is 0.860. The van der Waals surface area contributed by atoms with Crippen molar-refractivity contribution in [2.45, 2.75) is 13.2 Å². The standard InChI is InChI=1S/C10H10O2S2/c1-8(11-9-4-6-13-7-9)12-10-3-2-5-14-10/h2-8H,1H3. The van der Waals surface area contributed by atoms with Gasteiger partial charge in [0, 0.05) is 12.3 Å². The van der Waals surface area contributed by atoms with Crippen LogP contribution in [0.5, 0.6) is 10.8 Å². The molecule has 2 heterocycles. The first-order valence-electron chi connectivity index (χ1n) is 4.23. The number of thiophene rings is 2. The average Bonchev–Trinajstić information content (AvgIpc) is 2.76. The van der Waals surface area contributed by atoms with E-state index in [0.29, 0.717) is 0 Å². The Morgan fingerprint density at radius 1 is 1.21 bits per heavy atom. The third-order valence-electron chi connectivity index (χ3n) is 1.57. The predicted molar refractivity (Wildman–Crippen MR) is 59.4 cm³/mol. The maximum atomic E-state index is 5.53. The molecule has 4 heteroatoms. The van der Waals surface area contributed by atoms with Gasteiger partial charge < -0.3 is 9.47 Å². The van der Waals surface area contributed by atoms with Gasteiger partial charge in [0.15, 0.2) is 5.06 Å². The van der Waals surface area contributed by atoms with E-state index >= 15 is 0 Å². The van der Waals surface area contributed by atoms with Crippen LogP contribution in [0.2, 0.25) is 0 Å². The smallest absolute Gasteiger partial charge is 0.239 e. The summed E-state index contributed by atoms with van der Waals surface area (Å²) in [4.78, 5) is 0. The van der Waals surface area contributed by atoms with Crippen LogP contribution in [0.25, 0.3) is 0 Å².